The predicted molar refractivity (Wildman–Crippen MR) is 91.4 cm³/mol. The Kier molecular flexibility index (Phi) is 6.20. The molecule has 1 aromatic carbocycles. The maximum absolute atomic E-state index is 5.82. The van der Waals surface area contributed by atoms with E-state index in [1.54, 1.807) is 0 Å². The summed E-state index contributed by atoms with van der Waals surface area (Å²) in [7, 11) is 1.98. The first kappa shape index (κ1) is 17.5. The average molecular weight is 328 g/mol. The number of benzene rings is 1. The minimum atomic E-state index is 0. The molecule has 1 aliphatic heterocycles. The summed E-state index contributed by atoms with van der Waals surface area (Å²) in [4.78, 5) is 10.8. The summed E-state index contributed by atoms with van der Waals surface area (Å²) in [6.07, 6.45) is 0. The fourth-order valence-electron chi connectivity index (χ4n) is 2.22. The fraction of sp³-hybridized carbons (Fsp3) is 0.286. The van der Waals surface area contributed by atoms with Crippen LogP contribution in [0.1, 0.15) is 0 Å². The monoisotopic (exact) mass is 327 g/mol. The lowest BCUT2D eigenvalue weighted by Gasteiger charge is -2.40. The van der Waals surface area contributed by atoms with Gasteiger partial charge in [0.15, 0.2) is 0 Å². The Bertz CT molecular complexity index is 573. The van der Waals surface area contributed by atoms with E-state index in [4.69, 9.17) is 5.73 Å². The van der Waals surface area contributed by atoms with Gasteiger partial charge in [0, 0.05) is 30.8 Å². The van der Waals surface area contributed by atoms with E-state index in [1.165, 1.54) is 0 Å². The van der Waals surface area contributed by atoms with Gasteiger partial charge in [0.25, 0.3) is 0 Å². The van der Waals surface area contributed by atoms with Gasteiger partial charge in [-0.1, -0.05) is 30.3 Å². The Balaban J connectivity index is 0.00000110. The lowest BCUT2D eigenvalue weighted by atomic mass is 10.1. The standard InChI is InChI=1S/C14H17N5.2ClH/c1-16-11-8-19(9-11)13-7-12(17-14(15)18-13)10-5-3-2-4-6-10;;/h2-7,11,16H,8-9H2,1H3,(H2,15,17,18);2*1H. The molecule has 1 fully saturated rings. The second kappa shape index (κ2) is 7.45. The molecule has 0 spiro atoms. The van der Waals surface area contributed by atoms with Gasteiger partial charge >= 0.3 is 0 Å². The molecule has 0 radical (unpaired) electrons. The van der Waals surface area contributed by atoms with Crippen molar-refractivity contribution >= 4 is 36.6 Å². The molecular weight excluding hydrogens is 309 g/mol. The Morgan fingerprint density at radius 1 is 1.14 bits per heavy atom. The molecule has 7 heteroatoms. The molecule has 1 saturated heterocycles. The maximum Gasteiger partial charge on any atom is 0.222 e. The van der Waals surface area contributed by atoms with Crippen LogP contribution in [0.5, 0.6) is 0 Å². The van der Waals surface area contributed by atoms with Crippen LogP contribution in [-0.4, -0.2) is 36.1 Å². The first-order chi connectivity index (χ1) is 9.26. The van der Waals surface area contributed by atoms with Crippen molar-refractivity contribution < 1.29 is 0 Å². The number of nitrogens with one attached hydrogen (secondary N) is 1. The van der Waals surface area contributed by atoms with Crippen molar-refractivity contribution in [1.82, 2.24) is 15.3 Å². The van der Waals surface area contributed by atoms with Crippen LogP contribution >= 0.6 is 24.8 Å². The number of nitrogens with zero attached hydrogens (tertiary/aromatic N) is 3. The smallest absolute Gasteiger partial charge is 0.222 e. The van der Waals surface area contributed by atoms with Gasteiger partial charge in [0.05, 0.1) is 5.69 Å². The number of likely N-dealkylation sites (N-methyl/N-ethyl adjacent to an activating group) is 1. The predicted octanol–water partition coefficient (Wildman–Crippen LogP) is 1.98. The van der Waals surface area contributed by atoms with Gasteiger partial charge in [-0.15, -0.1) is 24.8 Å². The molecule has 0 aliphatic carbocycles. The number of nitrogens with two attached hydrogens (primary N) is 1. The molecule has 5 nitrogen and oxygen atoms in total. The zero-order valence-electron chi connectivity index (χ0n) is 11.7. The highest BCUT2D eigenvalue weighted by molar-refractivity contribution is 5.85. The van der Waals surface area contributed by atoms with Crippen LogP contribution in [0.4, 0.5) is 11.8 Å². The summed E-state index contributed by atoms with van der Waals surface area (Å²) in [5, 5.41) is 3.25. The van der Waals surface area contributed by atoms with Gasteiger partial charge in [-0.05, 0) is 7.05 Å². The van der Waals surface area contributed by atoms with Gasteiger partial charge in [-0.3, -0.25) is 0 Å². The van der Waals surface area contributed by atoms with E-state index < -0.39 is 0 Å². The van der Waals surface area contributed by atoms with Crippen LogP contribution in [0.15, 0.2) is 36.4 Å². The second-order valence-electron chi connectivity index (χ2n) is 4.73. The Labute approximate surface area is 136 Å². The van der Waals surface area contributed by atoms with Crippen LogP contribution in [0.25, 0.3) is 11.3 Å². The van der Waals surface area contributed by atoms with Gasteiger partial charge in [-0.25, -0.2) is 4.98 Å². The summed E-state index contributed by atoms with van der Waals surface area (Å²) in [6, 6.07) is 12.6. The summed E-state index contributed by atoms with van der Waals surface area (Å²) >= 11 is 0. The van der Waals surface area contributed by atoms with Gasteiger partial charge in [0.1, 0.15) is 5.82 Å². The Morgan fingerprint density at radius 3 is 2.43 bits per heavy atom. The van der Waals surface area contributed by atoms with Crippen LogP contribution in [-0.2, 0) is 0 Å². The van der Waals surface area contributed by atoms with Crippen LogP contribution in [0, 0.1) is 0 Å². The number of anilines is 2. The van der Waals surface area contributed by atoms with Gasteiger partial charge in [-0.2, -0.15) is 4.98 Å². The topological polar surface area (TPSA) is 67.1 Å². The summed E-state index contributed by atoms with van der Waals surface area (Å²) in [6.45, 7) is 1.92. The van der Waals surface area contributed by atoms with E-state index in [9.17, 15) is 0 Å². The molecule has 2 heterocycles. The first-order valence-corrected chi connectivity index (χ1v) is 6.38. The zero-order chi connectivity index (χ0) is 13.2. The van der Waals surface area contributed by atoms with E-state index in [0.29, 0.717) is 12.0 Å². The fourth-order valence-corrected chi connectivity index (χ4v) is 2.22. The summed E-state index contributed by atoms with van der Waals surface area (Å²) < 4.78 is 0. The van der Waals surface area contributed by atoms with Crippen LogP contribution in [0.2, 0.25) is 0 Å². The molecule has 3 N–H and O–H groups in total. The van der Waals surface area contributed by atoms with Crippen LogP contribution in [0.3, 0.4) is 0 Å². The second-order valence-corrected chi connectivity index (χ2v) is 4.73. The zero-order valence-corrected chi connectivity index (χ0v) is 13.3. The minimum Gasteiger partial charge on any atom is -0.368 e. The lowest BCUT2D eigenvalue weighted by molar-refractivity contribution is 0.447. The molecule has 3 rings (SSSR count). The molecule has 0 atom stereocenters. The molecule has 114 valence electrons. The van der Waals surface area contributed by atoms with E-state index in [1.807, 2.05) is 43.4 Å². The van der Waals surface area contributed by atoms with Gasteiger partial charge in [0.2, 0.25) is 5.95 Å². The highest BCUT2D eigenvalue weighted by Crippen LogP contribution is 2.25. The molecule has 2 aromatic rings. The molecule has 1 aromatic heterocycles. The molecule has 0 bridgehead atoms. The summed E-state index contributed by atoms with van der Waals surface area (Å²) in [5.41, 5.74) is 7.75. The van der Waals surface area contributed by atoms with E-state index >= 15 is 0 Å². The van der Waals surface area contributed by atoms with Crippen molar-refractivity contribution in [3.63, 3.8) is 0 Å². The first-order valence-electron chi connectivity index (χ1n) is 6.38. The van der Waals surface area contributed by atoms with Crippen molar-refractivity contribution in [2.75, 3.05) is 30.8 Å². The third-order valence-electron chi connectivity index (χ3n) is 3.41. The average Bonchev–Trinajstić information content (AvgIpc) is 2.38. The minimum absolute atomic E-state index is 0. The largest absolute Gasteiger partial charge is 0.368 e. The SMILES string of the molecule is CNC1CN(c2cc(-c3ccccc3)nc(N)n2)C1.Cl.Cl. The number of rotatable bonds is 3. The number of hydrogen-bond acceptors (Lipinski definition) is 5. The van der Waals surface area contributed by atoms with Crippen molar-refractivity contribution in [3.05, 3.63) is 36.4 Å². The Morgan fingerprint density at radius 2 is 1.81 bits per heavy atom. The number of aromatic nitrogens is 2. The highest BCUT2D eigenvalue weighted by atomic mass is 35.5. The van der Waals surface area contributed by atoms with Crippen LogP contribution < -0.4 is 16.0 Å². The molecule has 0 amide bonds. The maximum atomic E-state index is 5.82. The summed E-state index contributed by atoms with van der Waals surface area (Å²) in [5.74, 6) is 1.22. The third kappa shape index (κ3) is 3.75. The number of hydrogen-bond donors (Lipinski definition) is 2. The quantitative estimate of drug-likeness (QED) is 0.902. The normalized spacial score (nSPS) is 13.9. The highest BCUT2D eigenvalue weighted by Gasteiger charge is 2.26. The van der Waals surface area contributed by atoms with Gasteiger partial charge < -0.3 is 16.0 Å². The third-order valence-corrected chi connectivity index (χ3v) is 3.41. The molecule has 21 heavy (non-hydrogen) atoms. The molecule has 1 aliphatic rings. The lowest BCUT2D eigenvalue weighted by Crippen LogP contribution is -2.57. The van der Waals surface area contributed by atoms with Crippen molar-refractivity contribution in [2.45, 2.75) is 6.04 Å². The molecular formula is C14H19Cl2N5. The van der Waals surface area contributed by atoms with Crippen molar-refractivity contribution in [1.29, 1.82) is 0 Å². The van der Waals surface area contributed by atoms with Crippen molar-refractivity contribution in [2.24, 2.45) is 0 Å². The molecule has 0 saturated carbocycles. The van der Waals surface area contributed by atoms with E-state index in [-0.39, 0.29) is 24.8 Å². The number of nitrogen functional groups attached to an aromatic ring is 1. The van der Waals surface area contributed by atoms with E-state index in [2.05, 4.69) is 20.2 Å². The van der Waals surface area contributed by atoms with E-state index in [0.717, 1.165) is 30.2 Å². The Hall–Kier alpha value is -1.56. The molecule has 0 unspecified atom stereocenters. The van der Waals surface area contributed by atoms with Crippen molar-refractivity contribution in [3.8, 4) is 11.3 Å². The number of halogens is 2.